The molecule has 0 saturated carbocycles. The Labute approximate surface area is 195 Å². The van der Waals surface area contributed by atoms with Gasteiger partial charge in [0.1, 0.15) is 6.17 Å². The van der Waals surface area contributed by atoms with Crippen LogP contribution in [0.2, 0.25) is 0 Å². The van der Waals surface area contributed by atoms with Crippen molar-refractivity contribution in [2.45, 2.75) is 6.17 Å². The number of morpholine rings is 1. The number of rotatable bonds is 4. The topological polar surface area (TPSA) is 61.2 Å². The summed E-state index contributed by atoms with van der Waals surface area (Å²) < 4.78 is 8.83. The highest BCUT2D eigenvalue weighted by atomic mass is 79.9. The first-order valence-corrected chi connectivity index (χ1v) is 11.9. The van der Waals surface area contributed by atoms with E-state index in [0.29, 0.717) is 6.67 Å². The zero-order valence-electron chi connectivity index (χ0n) is 17.8. The third-order valence-corrected chi connectivity index (χ3v) is 6.85. The fourth-order valence-electron chi connectivity index (χ4n) is 4.67. The predicted octanol–water partition coefficient (Wildman–Crippen LogP) is 2.67. The van der Waals surface area contributed by atoms with Crippen molar-refractivity contribution in [2.75, 3.05) is 57.6 Å². The summed E-state index contributed by atoms with van der Waals surface area (Å²) in [4.78, 5) is 17.0. The summed E-state index contributed by atoms with van der Waals surface area (Å²) in [6.45, 7) is 7.16. The molecule has 9 heteroatoms. The number of guanidine groups is 1. The fraction of sp³-hybridized carbons (Fsp3) is 0.391. The standard InChI is InChI=1S/C23H26BrN7O/c24-18-5-3-4-17(14-18)21-27-22-25-15-29(9-8-28-10-12-32-13-11-28)16-30(22)23-26-19-6-1-2-7-20(19)31(21)23/h1-7,14,21H,8-13,15-16H2,(H,25,27)/t21-/m0/s1. The molecule has 1 N–H and O–H groups in total. The van der Waals surface area contributed by atoms with E-state index in [4.69, 9.17) is 14.7 Å². The lowest BCUT2D eigenvalue weighted by Crippen LogP contribution is -2.58. The molecule has 0 bridgehead atoms. The monoisotopic (exact) mass is 495 g/mol. The zero-order valence-corrected chi connectivity index (χ0v) is 19.4. The van der Waals surface area contributed by atoms with Crippen molar-refractivity contribution in [1.82, 2.24) is 24.7 Å². The van der Waals surface area contributed by atoms with Crippen LogP contribution in [0.15, 0.2) is 58.0 Å². The first kappa shape index (κ1) is 20.2. The molecule has 0 amide bonds. The normalized spacial score (nSPS) is 21.7. The first-order valence-electron chi connectivity index (χ1n) is 11.1. The number of fused-ring (bicyclic) bond motifs is 5. The number of benzene rings is 2. The molecule has 3 aliphatic heterocycles. The van der Waals surface area contributed by atoms with E-state index in [9.17, 15) is 0 Å². The zero-order chi connectivity index (χ0) is 21.5. The Morgan fingerprint density at radius 1 is 1.03 bits per heavy atom. The summed E-state index contributed by atoms with van der Waals surface area (Å²) >= 11 is 3.62. The molecule has 166 valence electrons. The molecule has 1 atom stereocenters. The van der Waals surface area contributed by atoms with Gasteiger partial charge in [-0.3, -0.25) is 19.3 Å². The summed E-state index contributed by atoms with van der Waals surface area (Å²) in [5, 5.41) is 3.68. The van der Waals surface area contributed by atoms with E-state index in [-0.39, 0.29) is 6.17 Å². The van der Waals surface area contributed by atoms with Crippen molar-refractivity contribution in [2.24, 2.45) is 4.99 Å². The van der Waals surface area contributed by atoms with Gasteiger partial charge in [0.2, 0.25) is 11.9 Å². The Hall–Kier alpha value is -2.46. The highest BCUT2D eigenvalue weighted by Crippen LogP contribution is 2.34. The summed E-state index contributed by atoms with van der Waals surface area (Å²) in [7, 11) is 0. The number of nitrogens with zero attached hydrogens (tertiary/aromatic N) is 6. The Bertz CT molecular complexity index is 1160. The third kappa shape index (κ3) is 3.69. The largest absolute Gasteiger partial charge is 0.379 e. The number of aliphatic imine (C=N–C) groups is 1. The van der Waals surface area contributed by atoms with E-state index in [0.717, 1.165) is 73.5 Å². The molecule has 2 aromatic carbocycles. The van der Waals surface area contributed by atoms with Gasteiger partial charge in [0, 0.05) is 30.7 Å². The third-order valence-electron chi connectivity index (χ3n) is 6.36. The van der Waals surface area contributed by atoms with Crippen molar-refractivity contribution < 1.29 is 4.74 Å². The maximum absolute atomic E-state index is 5.48. The Kier molecular flexibility index (Phi) is 5.34. The van der Waals surface area contributed by atoms with Crippen LogP contribution < -0.4 is 10.2 Å². The van der Waals surface area contributed by atoms with Crippen LogP contribution in [-0.2, 0) is 4.74 Å². The van der Waals surface area contributed by atoms with Crippen LogP contribution in [0.3, 0.4) is 0 Å². The number of aromatic nitrogens is 2. The molecule has 8 nitrogen and oxygen atoms in total. The van der Waals surface area contributed by atoms with Crippen molar-refractivity contribution in [1.29, 1.82) is 0 Å². The SMILES string of the molecule is Brc1cccc([C@H]2NC3=NCN(CCN4CCOCC4)CN3c3nc4ccccc4n32)c1. The quantitative estimate of drug-likeness (QED) is 0.600. The molecule has 1 aromatic heterocycles. The average molecular weight is 496 g/mol. The lowest BCUT2D eigenvalue weighted by atomic mass is 10.1. The van der Waals surface area contributed by atoms with Crippen LogP contribution in [-0.4, -0.2) is 78.0 Å². The summed E-state index contributed by atoms with van der Waals surface area (Å²) in [6.07, 6.45) is -0.0650. The number of nitrogens with one attached hydrogen (secondary N) is 1. The van der Waals surface area contributed by atoms with E-state index in [1.165, 1.54) is 5.56 Å². The van der Waals surface area contributed by atoms with E-state index in [2.05, 4.69) is 83.0 Å². The minimum atomic E-state index is -0.0650. The molecule has 3 aliphatic rings. The van der Waals surface area contributed by atoms with Gasteiger partial charge in [0.05, 0.1) is 37.6 Å². The van der Waals surface area contributed by atoms with Crippen molar-refractivity contribution in [3.05, 3.63) is 58.6 Å². The molecule has 0 radical (unpaired) electrons. The van der Waals surface area contributed by atoms with Crippen LogP contribution in [0.1, 0.15) is 11.7 Å². The Morgan fingerprint density at radius 3 is 2.75 bits per heavy atom. The van der Waals surface area contributed by atoms with Crippen LogP contribution in [0.25, 0.3) is 11.0 Å². The Morgan fingerprint density at radius 2 is 1.88 bits per heavy atom. The molecule has 0 spiro atoms. The molecule has 1 fully saturated rings. The van der Waals surface area contributed by atoms with E-state index >= 15 is 0 Å². The van der Waals surface area contributed by atoms with Gasteiger partial charge < -0.3 is 10.1 Å². The predicted molar refractivity (Wildman–Crippen MR) is 129 cm³/mol. The first-order chi connectivity index (χ1) is 15.8. The molecule has 1 saturated heterocycles. The molecule has 4 heterocycles. The van der Waals surface area contributed by atoms with Gasteiger partial charge in [-0.1, -0.05) is 40.2 Å². The summed E-state index contributed by atoms with van der Waals surface area (Å²) in [6, 6.07) is 16.8. The van der Waals surface area contributed by atoms with Crippen LogP contribution in [0, 0.1) is 0 Å². The number of anilines is 1. The number of hydrogen-bond acceptors (Lipinski definition) is 7. The number of ether oxygens (including phenoxy) is 1. The maximum atomic E-state index is 5.48. The number of halogens is 1. The van der Waals surface area contributed by atoms with Gasteiger partial charge in [0.25, 0.3) is 0 Å². The van der Waals surface area contributed by atoms with Crippen LogP contribution >= 0.6 is 15.9 Å². The number of para-hydroxylation sites is 2. The molecule has 0 aliphatic carbocycles. The van der Waals surface area contributed by atoms with Crippen molar-refractivity contribution in [3.63, 3.8) is 0 Å². The second-order valence-electron chi connectivity index (χ2n) is 8.41. The van der Waals surface area contributed by atoms with Gasteiger partial charge in [-0.15, -0.1) is 0 Å². The highest BCUT2D eigenvalue weighted by molar-refractivity contribution is 9.10. The Balaban J connectivity index is 1.32. The van der Waals surface area contributed by atoms with Gasteiger partial charge in [-0.25, -0.2) is 9.98 Å². The van der Waals surface area contributed by atoms with Crippen LogP contribution in [0.5, 0.6) is 0 Å². The minimum absolute atomic E-state index is 0.0650. The van der Waals surface area contributed by atoms with Crippen LogP contribution in [0.4, 0.5) is 5.95 Å². The molecule has 0 unspecified atom stereocenters. The summed E-state index contributed by atoms with van der Waals surface area (Å²) in [5.41, 5.74) is 3.28. The molecular weight excluding hydrogens is 470 g/mol. The van der Waals surface area contributed by atoms with Gasteiger partial charge >= 0.3 is 0 Å². The smallest absolute Gasteiger partial charge is 0.216 e. The highest BCUT2D eigenvalue weighted by Gasteiger charge is 2.35. The van der Waals surface area contributed by atoms with Gasteiger partial charge in [-0.05, 0) is 29.8 Å². The van der Waals surface area contributed by atoms with Crippen molar-refractivity contribution >= 4 is 38.9 Å². The molecule has 3 aromatic rings. The van der Waals surface area contributed by atoms with Gasteiger partial charge in [-0.2, -0.15) is 0 Å². The molecule has 32 heavy (non-hydrogen) atoms. The van der Waals surface area contributed by atoms with E-state index in [1.807, 2.05) is 6.07 Å². The molecular formula is C23H26BrN7O. The minimum Gasteiger partial charge on any atom is -0.379 e. The lowest BCUT2D eigenvalue weighted by molar-refractivity contribution is 0.0334. The van der Waals surface area contributed by atoms with Gasteiger partial charge in [0.15, 0.2) is 0 Å². The fourth-order valence-corrected chi connectivity index (χ4v) is 5.08. The second kappa shape index (κ2) is 8.47. The lowest BCUT2D eigenvalue weighted by Gasteiger charge is -2.42. The average Bonchev–Trinajstić information content (AvgIpc) is 3.23. The number of hydrogen-bond donors (Lipinski definition) is 1. The number of imidazole rings is 1. The second-order valence-corrected chi connectivity index (χ2v) is 9.33. The maximum Gasteiger partial charge on any atom is 0.216 e. The van der Waals surface area contributed by atoms with Crippen molar-refractivity contribution in [3.8, 4) is 0 Å². The molecule has 6 rings (SSSR count). The van der Waals surface area contributed by atoms with E-state index < -0.39 is 0 Å². The summed E-state index contributed by atoms with van der Waals surface area (Å²) in [5.74, 6) is 1.82. The van der Waals surface area contributed by atoms with E-state index in [1.54, 1.807) is 0 Å².